The molecule has 0 amide bonds. The second-order valence-corrected chi connectivity index (χ2v) is 7.51. The molecule has 0 aliphatic rings. The van der Waals surface area contributed by atoms with Gasteiger partial charge in [0.15, 0.2) is 5.75 Å². The molecule has 146 valence electrons. The molecular formula is C17H15BrClN5O3S. The smallest absolute Gasteiger partial charge is 0.370 e. The van der Waals surface area contributed by atoms with Crippen LogP contribution in [-0.4, -0.2) is 18.1 Å². The molecule has 2 N–H and O–H groups in total. The van der Waals surface area contributed by atoms with Crippen LogP contribution in [0.2, 0.25) is 0 Å². The molecule has 11 heteroatoms. The number of nitriles is 1. The topological polar surface area (TPSA) is 114 Å². The maximum atomic E-state index is 11.1. The van der Waals surface area contributed by atoms with Crippen LogP contribution in [0.3, 0.4) is 0 Å². The summed E-state index contributed by atoms with van der Waals surface area (Å²) in [5.74, 6) is 0.105. The Balaban J connectivity index is 0.00000280. The molecule has 1 heterocycles. The predicted octanol–water partition coefficient (Wildman–Crippen LogP) is 2.99. The van der Waals surface area contributed by atoms with E-state index in [-0.39, 0.29) is 18.2 Å². The average Bonchev–Trinajstić information content (AvgIpc) is 3.15. The van der Waals surface area contributed by atoms with E-state index in [1.807, 2.05) is 21.8 Å². The van der Waals surface area contributed by atoms with Crippen LogP contribution >= 0.6 is 28.3 Å². The number of halogens is 2. The van der Waals surface area contributed by atoms with Gasteiger partial charge in [-0.05, 0) is 57.9 Å². The first-order valence-electron chi connectivity index (χ1n) is 7.62. The minimum absolute atomic E-state index is 0. The Kier molecular flexibility index (Phi) is 7.04. The Morgan fingerprint density at radius 3 is 2.50 bits per heavy atom. The number of nitrogens with two attached hydrogens (primary N) is 1. The van der Waals surface area contributed by atoms with Crippen LogP contribution in [0.5, 0.6) is 5.75 Å². The van der Waals surface area contributed by atoms with Crippen molar-refractivity contribution in [2.24, 2.45) is 5.14 Å². The fourth-order valence-electron chi connectivity index (χ4n) is 2.42. The fraction of sp³-hybridized carbons (Fsp3) is 0.0588. The van der Waals surface area contributed by atoms with E-state index < -0.39 is 10.3 Å². The summed E-state index contributed by atoms with van der Waals surface area (Å²) in [6, 6.07) is 14.2. The normalized spacial score (nSPS) is 10.6. The highest BCUT2D eigenvalue weighted by Crippen LogP contribution is 2.28. The zero-order valence-corrected chi connectivity index (χ0v) is 17.5. The molecule has 0 aliphatic heterocycles. The van der Waals surface area contributed by atoms with Gasteiger partial charge in [-0.1, -0.05) is 6.07 Å². The first kappa shape index (κ1) is 21.7. The van der Waals surface area contributed by atoms with Crippen LogP contribution in [0, 0.1) is 11.3 Å². The van der Waals surface area contributed by atoms with Gasteiger partial charge >= 0.3 is 10.3 Å². The van der Waals surface area contributed by atoms with E-state index >= 15 is 0 Å². The number of rotatable bonds is 6. The van der Waals surface area contributed by atoms with Crippen LogP contribution in [0.4, 0.5) is 5.69 Å². The van der Waals surface area contributed by atoms with Gasteiger partial charge in [-0.3, -0.25) is 5.01 Å². The molecule has 0 aliphatic carbocycles. The van der Waals surface area contributed by atoms with E-state index in [1.54, 1.807) is 43.0 Å². The Morgan fingerprint density at radius 2 is 1.96 bits per heavy atom. The van der Waals surface area contributed by atoms with Gasteiger partial charge in [-0.25, -0.2) is 9.66 Å². The van der Waals surface area contributed by atoms with E-state index in [4.69, 9.17) is 14.6 Å². The summed E-state index contributed by atoms with van der Waals surface area (Å²) in [4.78, 5) is 4.08. The number of hydrogen-bond donors (Lipinski definition) is 1. The number of nitrogens with zero attached hydrogens (tertiary/aromatic N) is 4. The highest BCUT2D eigenvalue weighted by molar-refractivity contribution is 9.10. The van der Waals surface area contributed by atoms with Crippen LogP contribution in [0.15, 0.2) is 65.7 Å². The van der Waals surface area contributed by atoms with Crippen molar-refractivity contribution in [3.05, 3.63) is 76.8 Å². The van der Waals surface area contributed by atoms with Gasteiger partial charge in [0.05, 0.1) is 28.3 Å². The lowest BCUT2D eigenvalue weighted by Crippen LogP contribution is -2.27. The van der Waals surface area contributed by atoms with Crippen molar-refractivity contribution < 1.29 is 12.6 Å². The molecular weight excluding hydrogens is 470 g/mol. The molecule has 3 rings (SSSR count). The molecule has 0 radical (unpaired) electrons. The third-order valence-electron chi connectivity index (χ3n) is 3.60. The summed E-state index contributed by atoms with van der Waals surface area (Å²) in [6.45, 7) is 0.455. The largest absolute Gasteiger partial charge is 0.380 e. The Labute approximate surface area is 176 Å². The van der Waals surface area contributed by atoms with E-state index in [0.29, 0.717) is 16.6 Å². The summed E-state index contributed by atoms with van der Waals surface area (Å²) in [5, 5.41) is 15.8. The zero-order chi connectivity index (χ0) is 19.4. The first-order chi connectivity index (χ1) is 12.9. The molecule has 28 heavy (non-hydrogen) atoms. The molecule has 8 nitrogen and oxygen atoms in total. The maximum Gasteiger partial charge on any atom is 0.380 e. The molecule has 0 saturated heterocycles. The van der Waals surface area contributed by atoms with Crippen molar-refractivity contribution in [2.75, 3.05) is 5.01 Å². The Morgan fingerprint density at radius 1 is 1.25 bits per heavy atom. The van der Waals surface area contributed by atoms with Crippen molar-refractivity contribution >= 4 is 44.3 Å². The van der Waals surface area contributed by atoms with E-state index in [9.17, 15) is 8.42 Å². The average molecular weight is 485 g/mol. The van der Waals surface area contributed by atoms with Crippen molar-refractivity contribution in [3.8, 4) is 11.8 Å². The van der Waals surface area contributed by atoms with Crippen LogP contribution in [0.1, 0.15) is 11.1 Å². The number of benzene rings is 2. The summed E-state index contributed by atoms with van der Waals surface area (Å²) in [7, 11) is -4.10. The molecule has 3 aromatic rings. The SMILES string of the molecule is Cl.N#Cc1ccc(N(Cc2ccc(OS(N)(=O)=O)c(Br)c2)n2ccnc2)cc1. The van der Waals surface area contributed by atoms with Crippen molar-refractivity contribution in [1.82, 2.24) is 9.66 Å². The van der Waals surface area contributed by atoms with Gasteiger partial charge in [0.2, 0.25) is 0 Å². The second kappa shape index (κ2) is 9.07. The van der Waals surface area contributed by atoms with Gasteiger partial charge < -0.3 is 4.18 Å². The van der Waals surface area contributed by atoms with Crippen LogP contribution < -0.4 is 14.3 Å². The van der Waals surface area contributed by atoms with Crippen molar-refractivity contribution in [3.63, 3.8) is 0 Å². The second-order valence-electron chi connectivity index (χ2n) is 5.50. The monoisotopic (exact) mass is 483 g/mol. The van der Waals surface area contributed by atoms with E-state index in [2.05, 4.69) is 27.0 Å². The molecule has 2 aromatic carbocycles. The van der Waals surface area contributed by atoms with Gasteiger partial charge in [0.25, 0.3) is 0 Å². The minimum Gasteiger partial charge on any atom is -0.370 e. The lowest BCUT2D eigenvalue weighted by Gasteiger charge is -2.26. The maximum absolute atomic E-state index is 11.1. The summed E-state index contributed by atoms with van der Waals surface area (Å²) >= 11 is 3.29. The molecule has 0 unspecified atom stereocenters. The zero-order valence-electron chi connectivity index (χ0n) is 14.3. The molecule has 0 saturated carbocycles. The van der Waals surface area contributed by atoms with Gasteiger partial charge in [-0.2, -0.15) is 18.8 Å². The Hall–Kier alpha value is -2.58. The lowest BCUT2D eigenvalue weighted by atomic mass is 10.2. The standard InChI is InChI=1S/C17H14BrN5O3S.ClH/c18-16-9-14(3-6-17(16)26-27(20,24)25)11-23(22-8-7-21-12-22)15-4-1-13(10-19)2-5-15;/h1-9,12H,11H2,(H2,20,24,25);1H. The number of anilines is 1. The molecule has 1 aromatic heterocycles. The molecule has 0 spiro atoms. The highest BCUT2D eigenvalue weighted by Gasteiger charge is 2.13. The van der Waals surface area contributed by atoms with Crippen molar-refractivity contribution in [2.45, 2.75) is 6.54 Å². The number of hydrogen-bond acceptors (Lipinski definition) is 6. The molecule has 0 atom stereocenters. The van der Waals surface area contributed by atoms with Gasteiger partial charge in [0, 0.05) is 12.4 Å². The predicted molar refractivity (Wildman–Crippen MR) is 110 cm³/mol. The lowest BCUT2D eigenvalue weighted by molar-refractivity contribution is 0.486. The van der Waals surface area contributed by atoms with Crippen molar-refractivity contribution in [1.29, 1.82) is 5.26 Å². The Bertz CT molecular complexity index is 1080. The third-order valence-corrected chi connectivity index (χ3v) is 4.63. The molecule has 0 fully saturated rings. The van der Waals surface area contributed by atoms with E-state index in [1.165, 1.54) is 6.07 Å². The van der Waals surface area contributed by atoms with Crippen LogP contribution in [-0.2, 0) is 16.8 Å². The summed E-state index contributed by atoms with van der Waals surface area (Å²) in [5.41, 5.74) is 2.30. The number of aromatic nitrogens is 2. The van der Waals surface area contributed by atoms with Crippen LogP contribution in [0.25, 0.3) is 0 Å². The minimum atomic E-state index is -4.10. The summed E-state index contributed by atoms with van der Waals surface area (Å²) in [6.07, 6.45) is 5.12. The summed E-state index contributed by atoms with van der Waals surface area (Å²) < 4.78 is 29.2. The highest BCUT2D eigenvalue weighted by atomic mass is 79.9. The number of imidazole rings is 1. The van der Waals surface area contributed by atoms with Gasteiger partial charge in [0.1, 0.15) is 6.33 Å². The third kappa shape index (κ3) is 5.46. The quantitative estimate of drug-likeness (QED) is 0.575. The van der Waals surface area contributed by atoms with E-state index in [0.717, 1.165) is 11.3 Å². The fourth-order valence-corrected chi connectivity index (χ4v) is 3.43. The first-order valence-corrected chi connectivity index (χ1v) is 9.89. The molecule has 0 bridgehead atoms. The van der Waals surface area contributed by atoms with Gasteiger partial charge in [-0.15, -0.1) is 12.4 Å².